The number of nitrogens with zero attached hydrogens (tertiary/aromatic N) is 3. The lowest BCUT2D eigenvalue weighted by molar-refractivity contribution is -0.137. The Morgan fingerprint density at radius 1 is 1.50 bits per heavy atom. The summed E-state index contributed by atoms with van der Waals surface area (Å²) in [6, 6.07) is 0. The van der Waals surface area contributed by atoms with Gasteiger partial charge in [0, 0.05) is 37.2 Å². The van der Waals surface area contributed by atoms with E-state index in [0.717, 1.165) is 10.6 Å². The average molecular weight is 294 g/mol. The van der Waals surface area contributed by atoms with Crippen LogP contribution in [0.1, 0.15) is 23.3 Å². The Morgan fingerprint density at radius 3 is 2.95 bits per heavy atom. The molecule has 0 saturated heterocycles. The van der Waals surface area contributed by atoms with Crippen LogP contribution < -0.4 is 5.32 Å². The van der Waals surface area contributed by atoms with Crippen LogP contribution in [0.4, 0.5) is 0 Å². The molecule has 8 heteroatoms. The Kier molecular flexibility index (Phi) is 4.46. The third-order valence-corrected chi connectivity index (χ3v) is 3.43. The van der Waals surface area contributed by atoms with Gasteiger partial charge >= 0.3 is 5.97 Å². The number of carbonyl (C=O) groups excluding carboxylic acids is 1. The minimum Gasteiger partial charge on any atom is -0.481 e. The number of amides is 1. The first kappa shape index (κ1) is 14.2. The van der Waals surface area contributed by atoms with Crippen molar-refractivity contribution in [1.82, 2.24) is 20.1 Å². The molecule has 0 aliphatic carbocycles. The molecule has 0 saturated carbocycles. The van der Waals surface area contributed by atoms with Crippen molar-refractivity contribution in [2.75, 3.05) is 6.54 Å². The molecule has 0 radical (unpaired) electrons. The molecule has 2 aromatic rings. The highest BCUT2D eigenvalue weighted by Crippen LogP contribution is 2.22. The van der Waals surface area contributed by atoms with Crippen LogP contribution >= 0.6 is 11.3 Å². The average Bonchev–Trinajstić information content (AvgIpc) is 3.02. The molecule has 2 heterocycles. The van der Waals surface area contributed by atoms with E-state index < -0.39 is 5.97 Å². The van der Waals surface area contributed by atoms with Crippen LogP contribution in [0.2, 0.25) is 0 Å². The van der Waals surface area contributed by atoms with E-state index in [1.165, 1.54) is 11.3 Å². The predicted molar refractivity (Wildman–Crippen MR) is 73.5 cm³/mol. The van der Waals surface area contributed by atoms with Gasteiger partial charge in [0.15, 0.2) is 0 Å². The van der Waals surface area contributed by atoms with Crippen molar-refractivity contribution in [3.05, 3.63) is 23.5 Å². The molecule has 0 atom stereocenters. The van der Waals surface area contributed by atoms with Crippen molar-refractivity contribution in [1.29, 1.82) is 0 Å². The number of hydrogen-bond donors (Lipinski definition) is 2. The SMILES string of the molecule is Cn1cc(-c2nc(C(=O)NCCCC(=O)O)cs2)cn1. The number of hydrogen-bond acceptors (Lipinski definition) is 5. The molecule has 0 bridgehead atoms. The summed E-state index contributed by atoms with van der Waals surface area (Å²) >= 11 is 1.37. The standard InChI is InChI=1S/C12H14N4O3S/c1-16-6-8(5-14-16)12-15-9(7-20-12)11(19)13-4-2-3-10(17)18/h5-7H,2-4H2,1H3,(H,13,19)(H,17,18). The fourth-order valence-corrected chi connectivity index (χ4v) is 2.35. The number of aliphatic carboxylic acids is 1. The highest BCUT2D eigenvalue weighted by Gasteiger charge is 2.12. The molecule has 7 nitrogen and oxygen atoms in total. The van der Waals surface area contributed by atoms with Gasteiger partial charge in [-0.3, -0.25) is 14.3 Å². The summed E-state index contributed by atoms with van der Waals surface area (Å²) in [5, 5.41) is 17.6. The Morgan fingerprint density at radius 2 is 2.30 bits per heavy atom. The third-order valence-electron chi connectivity index (χ3n) is 2.54. The van der Waals surface area contributed by atoms with E-state index in [9.17, 15) is 9.59 Å². The Labute approximate surface area is 119 Å². The molecule has 0 aromatic carbocycles. The zero-order chi connectivity index (χ0) is 14.5. The molecule has 20 heavy (non-hydrogen) atoms. The van der Waals surface area contributed by atoms with Crippen LogP contribution in [-0.2, 0) is 11.8 Å². The van der Waals surface area contributed by atoms with Gasteiger partial charge in [0.25, 0.3) is 5.91 Å². The van der Waals surface area contributed by atoms with E-state index in [1.54, 1.807) is 16.3 Å². The van der Waals surface area contributed by atoms with E-state index in [1.807, 2.05) is 13.2 Å². The van der Waals surface area contributed by atoms with Gasteiger partial charge < -0.3 is 10.4 Å². The molecular formula is C12H14N4O3S. The fourth-order valence-electron chi connectivity index (χ4n) is 1.57. The molecule has 0 fully saturated rings. The van der Waals surface area contributed by atoms with Crippen LogP contribution in [-0.4, -0.2) is 38.3 Å². The predicted octanol–water partition coefficient (Wildman–Crippen LogP) is 1.14. The minimum absolute atomic E-state index is 0.0400. The van der Waals surface area contributed by atoms with Crippen LogP contribution in [0.15, 0.2) is 17.8 Å². The van der Waals surface area contributed by atoms with Crippen molar-refractivity contribution < 1.29 is 14.7 Å². The second-order valence-corrected chi connectivity index (χ2v) is 5.05. The Hall–Kier alpha value is -2.22. The maximum Gasteiger partial charge on any atom is 0.303 e. The summed E-state index contributed by atoms with van der Waals surface area (Å²) in [5.74, 6) is -1.16. The van der Waals surface area contributed by atoms with E-state index >= 15 is 0 Å². The van der Waals surface area contributed by atoms with Gasteiger partial charge in [-0.05, 0) is 6.42 Å². The van der Waals surface area contributed by atoms with E-state index in [4.69, 9.17) is 5.11 Å². The molecule has 106 valence electrons. The Bertz CT molecular complexity index is 620. The summed E-state index contributed by atoms with van der Waals surface area (Å²) in [6.07, 6.45) is 3.96. The van der Waals surface area contributed by atoms with Crippen LogP contribution in [0.3, 0.4) is 0 Å². The van der Waals surface area contributed by atoms with Gasteiger partial charge in [-0.15, -0.1) is 11.3 Å². The number of aromatic nitrogens is 3. The van der Waals surface area contributed by atoms with Crippen LogP contribution in [0.5, 0.6) is 0 Å². The van der Waals surface area contributed by atoms with Gasteiger partial charge in [-0.2, -0.15) is 5.10 Å². The second kappa shape index (κ2) is 6.29. The number of carbonyl (C=O) groups is 2. The minimum atomic E-state index is -0.869. The first-order chi connectivity index (χ1) is 9.56. The number of thiazole rings is 1. The molecule has 2 rings (SSSR count). The first-order valence-electron chi connectivity index (χ1n) is 6.01. The zero-order valence-corrected chi connectivity index (χ0v) is 11.7. The van der Waals surface area contributed by atoms with E-state index in [0.29, 0.717) is 18.7 Å². The number of carboxylic acid groups (broad SMARTS) is 1. The molecule has 0 spiro atoms. The molecule has 0 aliphatic rings. The molecule has 2 N–H and O–H groups in total. The van der Waals surface area contributed by atoms with Gasteiger partial charge in [0.2, 0.25) is 0 Å². The maximum atomic E-state index is 11.8. The van der Waals surface area contributed by atoms with Crippen LogP contribution in [0.25, 0.3) is 10.6 Å². The van der Waals surface area contributed by atoms with Crippen molar-refractivity contribution in [3.8, 4) is 10.6 Å². The third kappa shape index (κ3) is 3.64. The van der Waals surface area contributed by atoms with Gasteiger partial charge in [-0.1, -0.05) is 0 Å². The molecule has 0 aliphatic heterocycles. The maximum absolute atomic E-state index is 11.8. The van der Waals surface area contributed by atoms with Crippen molar-refractivity contribution in [3.63, 3.8) is 0 Å². The Balaban J connectivity index is 1.91. The van der Waals surface area contributed by atoms with Crippen molar-refractivity contribution >= 4 is 23.2 Å². The topological polar surface area (TPSA) is 97.1 Å². The fraction of sp³-hybridized carbons (Fsp3) is 0.333. The summed E-state index contributed by atoms with van der Waals surface area (Å²) < 4.78 is 1.67. The number of rotatable bonds is 6. The first-order valence-corrected chi connectivity index (χ1v) is 6.89. The summed E-state index contributed by atoms with van der Waals surface area (Å²) in [6.45, 7) is 0.324. The van der Waals surface area contributed by atoms with Gasteiger partial charge in [-0.25, -0.2) is 4.98 Å². The highest BCUT2D eigenvalue weighted by molar-refractivity contribution is 7.13. The zero-order valence-electron chi connectivity index (χ0n) is 10.9. The molecular weight excluding hydrogens is 280 g/mol. The lowest BCUT2D eigenvalue weighted by Gasteiger charge is -2.00. The summed E-state index contributed by atoms with van der Waals surface area (Å²) in [7, 11) is 1.81. The lowest BCUT2D eigenvalue weighted by atomic mass is 10.3. The molecule has 1 amide bonds. The monoisotopic (exact) mass is 294 g/mol. The van der Waals surface area contributed by atoms with Gasteiger partial charge in [0.05, 0.1) is 6.20 Å². The summed E-state index contributed by atoms with van der Waals surface area (Å²) in [5.41, 5.74) is 1.20. The number of carboxylic acids is 1. The van der Waals surface area contributed by atoms with Gasteiger partial charge in [0.1, 0.15) is 10.7 Å². The van der Waals surface area contributed by atoms with E-state index in [-0.39, 0.29) is 12.3 Å². The normalized spacial score (nSPS) is 10.4. The van der Waals surface area contributed by atoms with Crippen molar-refractivity contribution in [2.45, 2.75) is 12.8 Å². The second-order valence-electron chi connectivity index (χ2n) is 4.19. The van der Waals surface area contributed by atoms with Crippen molar-refractivity contribution in [2.24, 2.45) is 7.05 Å². The van der Waals surface area contributed by atoms with Crippen LogP contribution in [0, 0.1) is 0 Å². The highest BCUT2D eigenvalue weighted by atomic mass is 32.1. The number of nitrogens with one attached hydrogen (secondary N) is 1. The lowest BCUT2D eigenvalue weighted by Crippen LogP contribution is -2.25. The molecule has 2 aromatic heterocycles. The largest absolute Gasteiger partial charge is 0.481 e. The summed E-state index contributed by atoms with van der Waals surface area (Å²) in [4.78, 5) is 26.4. The number of aryl methyl sites for hydroxylation is 1. The quantitative estimate of drug-likeness (QED) is 0.779. The molecule has 0 unspecified atom stereocenters. The van der Waals surface area contributed by atoms with E-state index in [2.05, 4.69) is 15.4 Å². The smallest absolute Gasteiger partial charge is 0.303 e.